The number of fused-ring (bicyclic) bond motifs is 1. The quantitative estimate of drug-likeness (QED) is 0.902. The molecule has 0 unspecified atom stereocenters. The summed E-state index contributed by atoms with van der Waals surface area (Å²) in [7, 11) is 3.09. The van der Waals surface area contributed by atoms with Gasteiger partial charge >= 0.3 is 5.97 Å². The summed E-state index contributed by atoms with van der Waals surface area (Å²) in [4.78, 5) is 11.4. The van der Waals surface area contributed by atoms with Gasteiger partial charge in [0.25, 0.3) is 0 Å². The normalized spacial score (nSPS) is 10.8. The molecule has 0 aliphatic carbocycles. The van der Waals surface area contributed by atoms with Crippen LogP contribution in [0.4, 0.5) is 0 Å². The Kier molecular flexibility index (Phi) is 3.25. The fourth-order valence-corrected chi connectivity index (χ4v) is 2.24. The molecule has 0 atom stereocenters. The van der Waals surface area contributed by atoms with Gasteiger partial charge in [-0.25, -0.2) is 4.79 Å². The van der Waals surface area contributed by atoms with E-state index in [0.717, 1.165) is 10.9 Å². The largest absolute Gasteiger partial charge is 0.495 e. The lowest BCUT2D eigenvalue weighted by Crippen LogP contribution is -2.11. The first-order chi connectivity index (χ1) is 8.61. The van der Waals surface area contributed by atoms with Gasteiger partial charge in [-0.05, 0) is 18.6 Å². The second-order valence-corrected chi connectivity index (χ2v) is 3.98. The molecule has 0 aliphatic heterocycles. The number of carboxylic acids is 1. The summed E-state index contributed by atoms with van der Waals surface area (Å²) < 4.78 is 12.0. The number of benzene rings is 1. The summed E-state index contributed by atoms with van der Waals surface area (Å²) in [6.07, 6.45) is 0. The highest BCUT2D eigenvalue weighted by molar-refractivity contribution is 6.00. The number of carboxylic acid groups (broad SMARTS) is 1. The second kappa shape index (κ2) is 4.70. The molecule has 0 radical (unpaired) electrons. The number of methoxy groups -OCH3 is 2. The molecule has 2 aromatic rings. The van der Waals surface area contributed by atoms with Crippen molar-refractivity contribution in [1.82, 2.24) is 4.57 Å². The summed E-state index contributed by atoms with van der Waals surface area (Å²) in [5.41, 5.74) is 1.70. The van der Waals surface area contributed by atoms with Crippen molar-refractivity contribution in [3.05, 3.63) is 29.5 Å². The molecule has 0 bridgehead atoms. The molecular weight excluding hydrogens is 234 g/mol. The van der Waals surface area contributed by atoms with Gasteiger partial charge in [0.2, 0.25) is 0 Å². The molecule has 0 amide bonds. The summed E-state index contributed by atoms with van der Waals surface area (Å²) >= 11 is 0. The Labute approximate surface area is 105 Å². The van der Waals surface area contributed by atoms with Crippen LogP contribution in [0.15, 0.2) is 18.2 Å². The van der Waals surface area contributed by atoms with Gasteiger partial charge in [0.05, 0.1) is 12.6 Å². The molecule has 1 aromatic carbocycles. The number of aromatic nitrogens is 1. The van der Waals surface area contributed by atoms with Gasteiger partial charge in [0.15, 0.2) is 0 Å². The predicted octanol–water partition coefficient (Wildman–Crippen LogP) is 2.26. The van der Waals surface area contributed by atoms with E-state index in [1.165, 1.54) is 7.11 Å². The van der Waals surface area contributed by atoms with Gasteiger partial charge in [-0.15, -0.1) is 0 Å². The summed E-state index contributed by atoms with van der Waals surface area (Å²) in [5, 5.41) is 10.2. The number of para-hydroxylation sites is 1. The van der Waals surface area contributed by atoms with Crippen molar-refractivity contribution in [2.45, 2.75) is 13.7 Å². The molecule has 0 aliphatic rings. The molecule has 2 rings (SSSR count). The fraction of sp³-hybridized carbons (Fsp3) is 0.308. The van der Waals surface area contributed by atoms with E-state index < -0.39 is 5.97 Å². The van der Waals surface area contributed by atoms with E-state index in [1.807, 2.05) is 12.1 Å². The van der Waals surface area contributed by atoms with E-state index in [1.54, 1.807) is 24.7 Å². The third-order valence-electron chi connectivity index (χ3n) is 2.98. The molecule has 18 heavy (non-hydrogen) atoms. The van der Waals surface area contributed by atoms with Crippen molar-refractivity contribution < 1.29 is 19.4 Å². The van der Waals surface area contributed by atoms with Gasteiger partial charge < -0.3 is 19.1 Å². The number of hydrogen-bond donors (Lipinski definition) is 1. The Morgan fingerprint density at radius 1 is 1.39 bits per heavy atom. The van der Waals surface area contributed by atoms with Crippen LogP contribution in [0.1, 0.15) is 16.1 Å². The molecule has 0 spiro atoms. The highest BCUT2D eigenvalue weighted by atomic mass is 16.5. The third kappa shape index (κ3) is 1.73. The first-order valence-corrected chi connectivity index (χ1v) is 5.49. The Hall–Kier alpha value is -2.01. The molecule has 0 saturated carbocycles. The van der Waals surface area contributed by atoms with Crippen LogP contribution in [-0.4, -0.2) is 29.9 Å². The maximum atomic E-state index is 11.4. The number of ether oxygens (including phenoxy) is 2. The maximum Gasteiger partial charge on any atom is 0.352 e. The number of nitrogens with zero attached hydrogens (tertiary/aromatic N) is 1. The number of aromatic carboxylic acids is 1. The number of aryl methyl sites for hydroxylation is 1. The second-order valence-electron chi connectivity index (χ2n) is 3.98. The lowest BCUT2D eigenvalue weighted by atomic mass is 10.1. The zero-order chi connectivity index (χ0) is 13.3. The lowest BCUT2D eigenvalue weighted by molar-refractivity contribution is 0.0662. The van der Waals surface area contributed by atoms with Crippen LogP contribution in [0.5, 0.6) is 5.75 Å². The molecule has 1 N–H and O–H groups in total. The van der Waals surface area contributed by atoms with Crippen LogP contribution in [-0.2, 0) is 11.5 Å². The van der Waals surface area contributed by atoms with Gasteiger partial charge in [-0.2, -0.15) is 0 Å². The van der Waals surface area contributed by atoms with Crippen LogP contribution in [0, 0.1) is 6.92 Å². The van der Waals surface area contributed by atoms with Gasteiger partial charge in [-0.3, -0.25) is 0 Å². The lowest BCUT2D eigenvalue weighted by Gasteiger charge is -2.09. The zero-order valence-electron chi connectivity index (χ0n) is 10.6. The molecule has 5 nitrogen and oxygen atoms in total. The predicted molar refractivity (Wildman–Crippen MR) is 67.2 cm³/mol. The van der Waals surface area contributed by atoms with E-state index >= 15 is 0 Å². The minimum atomic E-state index is -0.970. The number of carbonyl (C=O) groups is 1. The van der Waals surface area contributed by atoms with Crippen LogP contribution < -0.4 is 4.74 Å². The molecule has 5 heteroatoms. The van der Waals surface area contributed by atoms with E-state index in [2.05, 4.69) is 0 Å². The van der Waals surface area contributed by atoms with Crippen molar-refractivity contribution in [1.29, 1.82) is 0 Å². The van der Waals surface area contributed by atoms with Crippen molar-refractivity contribution in [2.24, 2.45) is 0 Å². The third-order valence-corrected chi connectivity index (χ3v) is 2.98. The van der Waals surface area contributed by atoms with Crippen molar-refractivity contribution in [2.75, 3.05) is 14.2 Å². The molecule has 0 fully saturated rings. The van der Waals surface area contributed by atoms with Gasteiger partial charge in [-0.1, -0.05) is 12.1 Å². The zero-order valence-corrected chi connectivity index (χ0v) is 10.6. The van der Waals surface area contributed by atoms with Crippen molar-refractivity contribution in [3.8, 4) is 5.75 Å². The average molecular weight is 249 g/mol. The molecular formula is C13H15NO4. The van der Waals surface area contributed by atoms with Crippen LogP contribution in [0.25, 0.3) is 10.9 Å². The molecule has 1 aromatic heterocycles. The molecule has 96 valence electrons. The maximum absolute atomic E-state index is 11.4. The number of rotatable bonds is 4. The summed E-state index contributed by atoms with van der Waals surface area (Å²) in [5.74, 6) is -0.331. The average Bonchev–Trinajstić information content (AvgIpc) is 2.63. The monoisotopic (exact) mass is 249 g/mol. The fourth-order valence-electron chi connectivity index (χ4n) is 2.24. The Morgan fingerprint density at radius 3 is 2.67 bits per heavy atom. The van der Waals surface area contributed by atoms with Crippen molar-refractivity contribution in [3.63, 3.8) is 0 Å². The van der Waals surface area contributed by atoms with Crippen LogP contribution in [0.3, 0.4) is 0 Å². The number of hydrogen-bond acceptors (Lipinski definition) is 3. The van der Waals surface area contributed by atoms with E-state index in [9.17, 15) is 9.90 Å². The Bertz CT molecular complexity index is 601. The SMILES string of the molecule is COCn1c(C(=O)O)c(C)c2cccc(OC)c21. The standard InChI is InChI=1S/C13H15NO4/c1-8-9-5-4-6-10(18-3)12(9)14(7-17-2)11(8)13(15)16/h4-6H,7H2,1-3H3,(H,15,16). The van der Waals surface area contributed by atoms with E-state index in [4.69, 9.17) is 9.47 Å². The Balaban J connectivity index is 2.88. The van der Waals surface area contributed by atoms with Crippen LogP contribution in [0.2, 0.25) is 0 Å². The van der Waals surface area contributed by atoms with Gasteiger partial charge in [0, 0.05) is 12.5 Å². The minimum absolute atomic E-state index is 0.173. The Morgan fingerprint density at radius 2 is 2.11 bits per heavy atom. The van der Waals surface area contributed by atoms with E-state index in [0.29, 0.717) is 11.3 Å². The first kappa shape index (κ1) is 12.4. The first-order valence-electron chi connectivity index (χ1n) is 5.49. The minimum Gasteiger partial charge on any atom is -0.495 e. The molecule has 0 saturated heterocycles. The highest BCUT2D eigenvalue weighted by Gasteiger charge is 2.21. The van der Waals surface area contributed by atoms with Gasteiger partial charge in [0.1, 0.15) is 18.2 Å². The summed E-state index contributed by atoms with van der Waals surface area (Å²) in [6, 6.07) is 5.53. The summed E-state index contributed by atoms with van der Waals surface area (Å²) in [6.45, 7) is 1.96. The van der Waals surface area contributed by atoms with E-state index in [-0.39, 0.29) is 12.4 Å². The van der Waals surface area contributed by atoms with Crippen LogP contribution >= 0.6 is 0 Å². The topological polar surface area (TPSA) is 60.7 Å². The smallest absolute Gasteiger partial charge is 0.352 e. The van der Waals surface area contributed by atoms with Crippen molar-refractivity contribution >= 4 is 16.9 Å². The molecule has 1 heterocycles. The highest BCUT2D eigenvalue weighted by Crippen LogP contribution is 2.32.